The molecule has 5 fully saturated rings. The van der Waals surface area contributed by atoms with Gasteiger partial charge in [-0.15, -0.1) is 10.2 Å². The highest BCUT2D eigenvalue weighted by molar-refractivity contribution is 7.90. The third kappa shape index (κ3) is 20.1. The van der Waals surface area contributed by atoms with Crippen molar-refractivity contribution in [1.29, 1.82) is 0 Å². The summed E-state index contributed by atoms with van der Waals surface area (Å²) >= 11 is 1.36. The van der Waals surface area contributed by atoms with E-state index in [0.717, 1.165) is 65.0 Å². The van der Waals surface area contributed by atoms with Gasteiger partial charge in [0.15, 0.2) is 29.6 Å². The molecule has 1 unspecified atom stereocenters. The molecule has 3 aromatic carbocycles. The molecule has 2 saturated carbocycles. The number of aromatic nitrogens is 2. The second-order valence-electron chi connectivity index (χ2n) is 28.6. The van der Waals surface area contributed by atoms with Crippen LogP contribution in [-0.4, -0.2) is 255 Å². The van der Waals surface area contributed by atoms with Gasteiger partial charge in [0.1, 0.15) is 46.3 Å². The number of carbonyl (C=O) groups excluding carboxylic acids is 8. The molecule has 3 saturated heterocycles. The fourth-order valence-corrected chi connectivity index (χ4v) is 16.2. The highest BCUT2D eigenvalue weighted by atomic mass is 32.2. The first-order chi connectivity index (χ1) is 52.6. The first-order valence-electron chi connectivity index (χ1n) is 36.3. The van der Waals surface area contributed by atoms with Gasteiger partial charge in [0, 0.05) is 75.2 Å². The molecule has 10 rings (SSSR count). The summed E-state index contributed by atoms with van der Waals surface area (Å²) in [5.74, 6) is -10.8. The maximum Gasteiger partial charge on any atom is 0.519 e. The van der Waals surface area contributed by atoms with Crippen LogP contribution in [0.15, 0.2) is 80.4 Å². The number of hydrogen-bond donors (Lipinski definition) is 15. The molecule has 5 aliphatic rings. The van der Waals surface area contributed by atoms with Gasteiger partial charge in [-0.25, -0.2) is 14.8 Å². The Morgan fingerprint density at radius 1 is 0.773 bits per heavy atom. The van der Waals surface area contributed by atoms with Crippen molar-refractivity contribution in [3.05, 3.63) is 106 Å². The predicted molar refractivity (Wildman–Crippen MR) is 386 cm³/mol. The number of methoxy groups -OCH3 is 1. The Morgan fingerprint density at radius 2 is 1.42 bits per heavy atom. The third-order valence-corrected chi connectivity index (χ3v) is 22.7. The molecule has 13 atom stereocenters. The van der Waals surface area contributed by atoms with Gasteiger partial charge in [-0.05, 0) is 106 Å². The molecule has 600 valence electrons. The van der Waals surface area contributed by atoms with Gasteiger partial charge >= 0.3 is 11.9 Å². The molecule has 3 aliphatic heterocycles. The number of ether oxygens (including phenoxy) is 2. The Labute approximate surface area is 639 Å². The van der Waals surface area contributed by atoms with E-state index in [-0.39, 0.29) is 46.3 Å². The molecule has 0 radical (unpaired) electrons. The number of aryl methyl sites for hydroxylation is 1. The maximum absolute atomic E-state index is 15.4. The van der Waals surface area contributed by atoms with Gasteiger partial charge in [-0.2, -0.15) is 0 Å². The number of nitrogens with one attached hydrogen (secondary N) is 5. The van der Waals surface area contributed by atoms with Gasteiger partial charge < -0.3 is 110 Å². The summed E-state index contributed by atoms with van der Waals surface area (Å²) in [4.78, 5) is 132. The number of aromatic hydroxyl groups is 1. The summed E-state index contributed by atoms with van der Waals surface area (Å²) in [6.07, 6.45) is -4.91. The number of fused-ring (bicyclic) bond motifs is 2. The van der Waals surface area contributed by atoms with Crippen LogP contribution in [0.2, 0.25) is 0 Å². The van der Waals surface area contributed by atoms with Crippen LogP contribution in [-0.2, 0) is 60.6 Å². The van der Waals surface area contributed by atoms with Gasteiger partial charge in [0.2, 0.25) is 35.4 Å². The van der Waals surface area contributed by atoms with Crippen molar-refractivity contribution < 1.29 is 121 Å². The van der Waals surface area contributed by atoms with Crippen molar-refractivity contribution in [3.8, 4) is 32.6 Å². The largest absolute Gasteiger partial charge is 0.519 e. The fourth-order valence-electron chi connectivity index (χ4n) is 15.1. The van der Waals surface area contributed by atoms with E-state index in [1.54, 1.807) is 12.1 Å². The van der Waals surface area contributed by atoms with Gasteiger partial charge in [-0.3, -0.25) is 33.6 Å². The Hall–Kier alpha value is -8.74. The van der Waals surface area contributed by atoms with Gasteiger partial charge in [-0.1, -0.05) is 89.4 Å². The molecule has 36 nitrogen and oxygen atoms in total. The van der Waals surface area contributed by atoms with Crippen molar-refractivity contribution in [2.75, 3.05) is 46.5 Å². The third-order valence-electron chi connectivity index (χ3n) is 21.4. The van der Waals surface area contributed by atoms with Crippen molar-refractivity contribution >= 4 is 71.1 Å². The van der Waals surface area contributed by atoms with Crippen LogP contribution in [0.1, 0.15) is 130 Å². The Kier molecular flexibility index (Phi) is 28.9. The highest BCUT2D eigenvalue weighted by Gasteiger charge is 2.51. The number of phenols is 1. The lowest BCUT2D eigenvalue weighted by Crippen LogP contribution is -2.64. The van der Waals surface area contributed by atoms with Crippen LogP contribution in [0.4, 0.5) is 4.79 Å². The normalized spacial score (nSPS) is 26.5. The van der Waals surface area contributed by atoms with Crippen molar-refractivity contribution in [1.82, 2.24) is 51.5 Å². The molecule has 15 N–H and O–H groups in total. The number of phenolic OH excluding ortho intramolecular Hbond substituents is 1. The number of amides is 8. The number of nitrogens with zero attached hydrogens (tertiary/aromatic N) is 5. The van der Waals surface area contributed by atoms with Gasteiger partial charge in [0.05, 0.1) is 61.5 Å². The number of hydrogen-bond acceptors (Lipinski definition) is 30. The Morgan fingerprint density at radius 3 is 2.05 bits per heavy atom. The molecule has 0 spiro atoms. The lowest BCUT2D eigenvalue weighted by Gasteiger charge is -2.46. The summed E-state index contributed by atoms with van der Waals surface area (Å²) in [5, 5.41) is 136. The molecule has 110 heavy (non-hydrogen) atoms. The fraction of sp³-hybridized carbons (Fsp3) is 0.569. The summed E-state index contributed by atoms with van der Waals surface area (Å²) in [6.45, 7) is -1.32. The number of benzene rings is 3. The number of β-amino-alcohol motifs (C(OH)–C–C–N with tert-alkyl or cyclic N) is 1. The van der Waals surface area contributed by atoms with E-state index < -0.39 is 216 Å². The van der Waals surface area contributed by atoms with E-state index in [4.69, 9.17) is 27.7 Å². The lowest BCUT2D eigenvalue weighted by molar-refractivity contribution is -0.433. The van der Waals surface area contributed by atoms with E-state index in [9.17, 15) is 79.5 Å². The molecular formula is C72H94N10O26S2. The topological polar surface area (TPSA) is 524 Å². The standard InChI is InChI=1S/C72H94N10O26S2/c1-36-31-82-59(60(36)91)65(96)73-30-47(86)28-49(74-61(92)42-13-17-44(18-14-42)67-79-78-66(109-67)43-15-11-40(12-16-43)41-20-23-72(102-4,24-21-41)45-8-6-5-7-9-45)62(93)75-56(37(2)85)68(97)81-32-48(87)29-50(81)63(94)76-57(53(90)26-39-10-19-51(88)54(27-39)106-110-108-107-101)64(95)77-58(69(82)98)52(89)22-25-80(46(33-83)34-84)70(99)103-35-55-38(3)104-71(100)105-55/h10-19,27,36-37,41,45-50,52-53,56-60,83-91,101H,5-9,20-26,28-35H2,1-4H3,(H,73,96)(H,74,92)(H,75,93)(H,76,94)(H,77,95)/t36-,37+,41?,47+,48+,49?,50-,52+,53+,56-,57-,58-,59-,60-,72?/m0/s1. The van der Waals surface area contributed by atoms with E-state index >= 15 is 9.59 Å². The average molecular weight is 1580 g/mol. The number of carbonyl (C=O) groups is 8. The van der Waals surface area contributed by atoms with Crippen LogP contribution < -0.4 is 36.6 Å². The molecule has 38 heteroatoms. The van der Waals surface area contributed by atoms with E-state index in [2.05, 4.69) is 58.3 Å². The van der Waals surface area contributed by atoms with E-state index in [1.165, 1.54) is 81.1 Å². The molecule has 0 bridgehead atoms. The molecule has 8 amide bonds. The number of aliphatic hydroxyl groups excluding tert-OH is 8. The summed E-state index contributed by atoms with van der Waals surface area (Å²) in [6, 6.07) is 4.25. The lowest BCUT2D eigenvalue weighted by atomic mass is 9.66. The molecule has 5 aromatic rings. The molecule has 2 aromatic heterocycles. The molecular weight excluding hydrogens is 1480 g/mol. The van der Waals surface area contributed by atoms with Crippen LogP contribution in [0.25, 0.3) is 21.1 Å². The zero-order valence-corrected chi connectivity index (χ0v) is 62.4. The van der Waals surface area contributed by atoms with Crippen molar-refractivity contribution in [2.45, 2.75) is 201 Å². The first kappa shape index (κ1) is 83.7. The SMILES string of the molecule is COC1(C2CCCCC2)CCC(c2ccc(-c3nnc(-c4ccc(C(=O)NC5C[C@@H](O)CNC(=O)[C@@H]6[C@@H](O)[C@@H](C)CN6C(=O)[C@H]([C@H](O)CCN(C(=O)OCc6oc(=O)oc6C)C(CO)CO)NC(=O)[C@H]([C@H](O)Cc6ccc(O)c(OSOOO)c6)NC(=O)[C@@H]6C[C@@H](O)CN6C(=O)[C@H]([C@@H](C)O)NC5=O)cc4)s3)cc2)CC1. The smallest absolute Gasteiger partial charge is 0.504 e. The van der Waals surface area contributed by atoms with Crippen LogP contribution in [0.5, 0.6) is 11.5 Å². The highest BCUT2D eigenvalue weighted by Crippen LogP contribution is 2.48. The first-order valence-corrected chi connectivity index (χ1v) is 37.8. The van der Waals surface area contributed by atoms with E-state index in [1.807, 2.05) is 19.2 Å². The number of aliphatic hydroxyl groups is 8. The maximum atomic E-state index is 15.4. The Balaban J connectivity index is 0.921. The monoisotopic (exact) mass is 1580 g/mol. The van der Waals surface area contributed by atoms with Crippen LogP contribution in [0.3, 0.4) is 0 Å². The second-order valence-corrected chi connectivity index (χ2v) is 30.0. The predicted octanol–water partition coefficient (Wildman–Crippen LogP) is 0.749. The Bertz CT molecular complexity index is 4050. The zero-order valence-electron chi connectivity index (χ0n) is 60.8. The van der Waals surface area contributed by atoms with Crippen molar-refractivity contribution in [3.63, 3.8) is 0 Å². The summed E-state index contributed by atoms with van der Waals surface area (Å²) in [5.41, 5.74) is 2.66. The minimum absolute atomic E-state index is 0.0119. The number of rotatable bonds is 24. The minimum Gasteiger partial charge on any atom is -0.504 e. The minimum atomic E-state index is -2.32. The molecule has 5 heterocycles. The van der Waals surface area contributed by atoms with Crippen molar-refractivity contribution in [2.24, 2.45) is 11.8 Å². The average Bonchev–Trinajstić information content (AvgIpc) is 1.38. The molecule has 2 aliphatic carbocycles. The quantitative estimate of drug-likeness (QED) is 0.0175. The van der Waals surface area contributed by atoms with E-state index in [0.29, 0.717) is 27.4 Å². The van der Waals surface area contributed by atoms with Gasteiger partial charge in [0.25, 0.3) is 18.2 Å². The summed E-state index contributed by atoms with van der Waals surface area (Å²) < 4.78 is 30.7. The van der Waals surface area contributed by atoms with Crippen LogP contribution in [0, 0.1) is 18.8 Å². The van der Waals surface area contributed by atoms with Crippen LogP contribution >= 0.6 is 23.7 Å². The second kappa shape index (κ2) is 38.0. The zero-order chi connectivity index (χ0) is 79.3. The summed E-state index contributed by atoms with van der Waals surface area (Å²) in [7, 11) is 1.86.